The summed E-state index contributed by atoms with van der Waals surface area (Å²) in [6, 6.07) is 14.8. The molecule has 0 spiro atoms. The van der Waals surface area contributed by atoms with E-state index in [0.717, 1.165) is 15.8 Å². The van der Waals surface area contributed by atoms with Gasteiger partial charge in [0.15, 0.2) is 0 Å². The number of benzene rings is 2. The molecule has 0 heterocycles. The van der Waals surface area contributed by atoms with E-state index >= 15 is 0 Å². The summed E-state index contributed by atoms with van der Waals surface area (Å²) in [6.45, 7) is 1.41. The van der Waals surface area contributed by atoms with Gasteiger partial charge in [-0.05, 0) is 42.0 Å². The second kappa shape index (κ2) is 8.79. The molecule has 0 atom stereocenters. The number of ether oxygens (including phenoxy) is 1. The van der Waals surface area contributed by atoms with Gasteiger partial charge in [0, 0.05) is 23.1 Å². The Morgan fingerprint density at radius 3 is 2.48 bits per heavy atom. The third kappa shape index (κ3) is 6.12. The number of carbonyl (C=O) groups excluding carboxylic acids is 1. The molecule has 0 aliphatic rings. The minimum atomic E-state index is -0.139. The molecular formula is C17H18BrClN2O2. The number of hydrogen-bond acceptors (Lipinski definition) is 2. The lowest BCUT2D eigenvalue weighted by Gasteiger charge is -2.18. The van der Waals surface area contributed by atoms with Crippen molar-refractivity contribution >= 4 is 33.6 Å². The van der Waals surface area contributed by atoms with Crippen molar-refractivity contribution in [3.63, 3.8) is 0 Å². The molecule has 6 heteroatoms. The minimum absolute atomic E-state index is 0.139. The third-order valence-electron chi connectivity index (χ3n) is 3.21. The summed E-state index contributed by atoms with van der Waals surface area (Å²) >= 11 is 9.20. The van der Waals surface area contributed by atoms with E-state index in [0.29, 0.717) is 24.7 Å². The van der Waals surface area contributed by atoms with Gasteiger partial charge in [-0.25, -0.2) is 4.79 Å². The molecule has 0 unspecified atom stereocenters. The molecule has 0 aliphatic heterocycles. The van der Waals surface area contributed by atoms with Crippen LogP contribution in [0.5, 0.6) is 5.75 Å². The molecule has 0 bridgehead atoms. The van der Waals surface area contributed by atoms with Crippen LogP contribution in [0.25, 0.3) is 0 Å². The molecule has 2 amide bonds. The second-order valence-electron chi connectivity index (χ2n) is 5.01. The maximum atomic E-state index is 12.0. The summed E-state index contributed by atoms with van der Waals surface area (Å²) < 4.78 is 6.60. The van der Waals surface area contributed by atoms with E-state index in [9.17, 15) is 4.79 Å². The molecule has 0 fully saturated rings. The molecule has 2 rings (SSSR count). The van der Waals surface area contributed by atoms with E-state index in [-0.39, 0.29) is 6.03 Å². The van der Waals surface area contributed by atoms with Crippen molar-refractivity contribution in [1.29, 1.82) is 0 Å². The Labute approximate surface area is 149 Å². The van der Waals surface area contributed by atoms with Gasteiger partial charge in [0.1, 0.15) is 12.4 Å². The Morgan fingerprint density at radius 1 is 1.17 bits per heavy atom. The standard InChI is InChI=1S/C17H18BrClN2O2/c1-21(10-11-23-16-8-4-14(18)5-9-16)17(22)20-12-13-2-6-15(19)7-3-13/h2-9H,10-12H2,1H3,(H,20,22). The normalized spacial score (nSPS) is 10.2. The highest BCUT2D eigenvalue weighted by molar-refractivity contribution is 9.10. The third-order valence-corrected chi connectivity index (χ3v) is 3.99. The van der Waals surface area contributed by atoms with E-state index in [2.05, 4.69) is 21.2 Å². The molecule has 122 valence electrons. The number of likely N-dealkylation sites (N-methyl/N-ethyl adjacent to an activating group) is 1. The first kappa shape index (κ1) is 17.6. The van der Waals surface area contributed by atoms with Crippen molar-refractivity contribution in [1.82, 2.24) is 10.2 Å². The first-order valence-electron chi connectivity index (χ1n) is 7.16. The highest BCUT2D eigenvalue weighted by atomic mass is 79.9. The SMILES string of the molecule is CN(CCOc1ccc(Br)cc1)C(=O)NCc1ccc(Cl)cc1. The van der Waals surface area contributed by atoms with Crippen LogP contribution < -0.4 is 10.1 Å². The molecule has 0 saturated carbocycles. The van der Waals surface area contributed by atoms with E-state index in [1.165, 1.54) is 0 Å². The summed E-state index contributed by atoms with van der Waals surface area (Å²) in [6.07, 6.45) is 0. The van der Waals surface area contributed by atoms with Crippen LogP contribution in [0.3, 0.4) is 0 Å². The molecule has 0 radical (unpaired) electrons. The first-order chi connectivity index (χ1) is 11.0. The fraction of sp³-hybridized carbons (Fsp3) is 0.235. The van der Waals surface area contributed by atoms with Crippen molar-refractivity contribution in [2.45, 2.75) is 6.54 Å². The van der Waals surface area contributed by atoms with Gasteiger partial charge in [-0.2, -0.15) is 0 Å². The van der Waals surface area contributed by atoms with Crippen LogP contribution in [0.4, 0.5) is 4.79 Å². The van der Waals surface area contributed by atoms with Gasteiger partial charge in [-0.1, -0.05) is 39.7 Å². The number of nitrogens with one attached hydrogen (secondary N) is 1. The zero-order chi connectivity index (χ0) is 16.7. The highest BCUT2D eigenvalue weighted by Crippen LogP contribution is 2.15. The molecule has 4 nitrogen and oxygen atoms in total. The number of urea groups is 1. The lowest BCUT2D eigenvalue weighted by atomic mass is 10.2. The van der Waals surface area contributed by atoms with Crippen LogP contribution in [0.15, 0.2) is 53.0 Å². The maximum absolute atomic E-state index is 12.0. The summed E-state index contributed by atoms with van der Waals surface area (Å²) in [5.74, 6) is 0.781. The Kier molecular flexibility index (Phi) is 6.74. The molecule has 2 aromatic carbocycles. The second-order valence-corrected chi connectivity index (χ2v) is 6.36. The number of hydrogen-bond donors (Lipinski definition) is 1. The van der Waals surface area contributed by atoms with E-state index in [1.807, 2.05) is 36.4 Å². The largest absolute Gasteiger partial charge is 0.492 e. The zero-order valence-corrected chi connectivity index (χ0v) is 15.1. The van der Waals surface area contributed by atoms with Crippen molar-refractivity contribution in [2.24, 2.45) is 0 Å². The Balaban J connectivity index is 1.70. The van der Waals surface area contributed by atoms with Gasteiger partial charge < -0.3 is 15.0 Å². The average molecular weight is 398 g/mol. The Bertz CT molecular complexity index is 632. The molecule has 2 aromatic rings. The summed E-state index contributed by atoms with van der Waals surface area (Å²) in [5.41, 5.74) is 1.00. The number of amides is 2. The number of carbonyl (C=O) groups is 1. The predicted molar refractivity (Wildman–Crippen MR) is 96.0 cm³/mol. The van der Waals surface area contributed by atoms with Crippen molar-refractivity contribution < 1.29 is 9.53 Å². The van der Waals surface area contributed by atoms with Crippen LogP contribution in [0.2, 0.25) is 5.02 Å². The number of nitrogens with zero attached hydrogens (tertiary/aromatic N) is 1. The first-order valence-corrected chi connectivity index (χ1v) is 8.33. The molecule has 23 heavy (non-hydrogen) atoms. The molecule has 0 aliphatic carbocycles. The van der Waals surface area contributed by atoms with E-state index in [1.54, 1.807) is 24.1 Å². The molecule has 0 saturated heterocycles. The van der Waals surface area contributed by atoms with Crippen molar-refractivity contribution in [3.05, 3.63) is 63.6 Å². The van der Waals surface area contributed by atoms with Gasteiger partial charge in [0.05, 0.1) is 6.54 Å². The molecule has 1 N–H and O–H groups in total. The summed E-state index contributed by atoms with van der Waals surface area (Å²) in [4.78, 5) is 13.6. The Morgan fingerprint density at radius 2 is 1.83 bits per heavy atom. The lowest BCUT2D eigenvalue weighted by Crippen LogP contribution is -2.39. The van der Waals surface area contributed by atoms with Gasteiger partial charge in [0.2, 0.25) is 0 Å². The van der Waals surface area contributed by atoms with Crippen LogP contribution >= 0.6 is 27.5 Å². The Hall–Kier alpha value is -1.72. The monoisotopic (exact) mass is 396 g/mol. The van der Waals surface area contributed by atoms with Crippen LogP contribution in [-0.4, -0.2) is 31.1 Å². The summed E-state index contributed by atoms with van der Waals surface area (Å²) in [7, 11) is 1.74. The zero-order valence-electron chi connectivity index (χ0n) is 12.8. The fourth-order valence-corrected chi connectivity index (χ4v) is 2.24. The van der Waals surface area contributed by atoms with Gasteiger partial charge >= 0.3 is 6.03 Å². The molecular weight excluding hydrogens is 380 g/mol. The number of halogens is 2. The predicted octanol–water partition coefficient (Wildman–Crippen LogP) is 4.32. The van der Waals surface area contributed by atoms with Crippen molar-refractivity contribution in [3.8, 4) is 5.75 Å². The number of rotatable bonds is 6. The molecule has 0 aromatic heterocycles. The van der Waals surface area contributed by atoms with E-state index in [4.69, 9.17) is 16.3 Å². The van der Waals surface area contributed by atoms with Crippen LogP contribution in [-0.2, 0) is 6.54 Å². The van der Waals surface area contributed by atoms with Gasteiger partial charge in [0.25, 0.3) is 0 Å². The van der Waals surface area contributed by atoms with Crippen molar-refractivity contribution in [2.75, 3.05) is 20.2 Å². The van der Waals surface area contributed by atoms with Crippen LogP contribution in [0.1, 0.15) is 5.56 Å². The summed E-state index contributed by atoms with van der Waals surface area (Å²) in [5, 5.41) is 3.54. The minimum Gasteiger partial charge on any atom is -0.492 e. The van der Waals surface area contributed by atoms with Crippen LogP contribution in [0, 0.1) is 0 Å². The fourth-order valence-electron chi connectivity index (χ4n) is 1.85. The quantitative estimate of drug-likeness (QED) is 0.788. The van der Waals surface area contributed by atoms with Gasteiger partial charge in [-0.15, -0.1) is 0 Å². The highest BCUT2D eigenvalue weighted by Gasteiger charge is 2.08. The smallest absolute Gasteiger partial charge is 0.317 e. The van der Waals surface area contributed by atoms with Gasteiger partial charge in [-0.3, -0.25) is 0 Å². The van der Waals surface area contributed by atoms with E-state index < -0.39 is 0 Å². The lowest BCUT2D eigenvalue weighted by molar-refractivity contribution is 0.195. The maximum Gasteiger partial charge on any atom is 0.317 e. The topological polar surface area (TPSA) is 41.6 Å². The average Bonchev–Trinajstić information content (AvgIpc) is 2.55.